The molecule has 0 spiro atoms. The summed E-state index contributed by atoms with van der Waals surface area (Å²) in [6, 6.07) is 6.88. The summed E-state index contributed by atoms with van der Waals surface area (Å²) in [6.45, 7) is 0. The molecule has 0 aliphatic rings. The van der Waals surface area contributed by atoms with Crippen LogP contribution in [-0.4, -0.2) is 32.2 Å². The highest BCUT2D eigenvalue weighted by molar-refractivity contribution is 6.02. The van der Waals surface area contributed by atoms with Gasteiger partial charge in [0.05, 0.1) is 30.9 Å². The number of carbonyl (C=O) groups is 3. The van der Waals surface area contributed by atoms with Gasteiger partial charge in [-0.25, -0.2) is 14.4 Å². The molecule has 0 atom stereocenters. The summed E-state index contributed by atoms with van der Waals surface area (Å²) < 4.78 is 47.4. The van der Waals surface area contributed by atoms with Gasteiger partial charge >= 0.3 is 24.1 Å². The second-order valence-corrected chi connectivity index (χ2v) is 5.44. The lowest BCUT2D eigenvalue weighted by Gasteiger charge is -2.12. The molecule has 0 fully saturated rings. The molecule has 2 aromatic carbocycles. The van der Waals surface area contributed by atoms with E-state index in [1.54, 1.807) is 0 Å². The summed E-state index contributed by atoms with van der Waals surface area (Å²) in [6.07, 6.45) is -4.56. The summed E-state index contributed by atoms with van der Waals surface area (Å²) in [5, 5.41) is 4.59. The third-order valence-electron chi connectivity index (χ3n) is 3.48. The van der Waals surface area contributed by atoms with E-state index >= 15 is 0 Å². The number of anilines is 2. The second-order valence-electron chi connectivity index (χ2n) is 5.44. The Labute approximate surface area is 157 Å². The van der Waals surface area contributed by atoms with Crippen molar-refractivity contribution in [1.82, 2.24) is 0 Å². The van der Waals surface area contributed by atoms with E-state index in [4.69, 9.17) is 0 Å². The molecule has 2 amide bonds. The van der Waals surface area contributed by atoms with Gasteiger partial charge in [0.1, 0.15) is 0 Å². The molecule has 0 radical (unpaired) electrons. The van der Waals surface area contributed by atoms with Gasteiger partial charge < -0.3 is 20.1 Å². The van der Waals surface area contributed by atoms with Crippen molar-refractivity contribution >= 4 is 29.3 Å². The summed E-state index contributed by atoms with van der Waals surface area (Å²) in [5.41, 5.74) is -1.04. The Morgan fingerprint density at radius 3 is 1.86 bits per heavy atom. The predicted octanol–water partition coefficient (Wildman–Crippen LogP) is 3.92. The van der Waals surface area contributed by atoms with Crippen LogP contribution in [0.15, 0.2) is 42.5 Å². The summed E-state index contributed by atoms with van der Waals surface area (Å²) in [7, 11) is 2.28. The van der Waals surface area contributed by atoms with Crippen molar-refractivity contribution in [2.45, 2.75) is 6.18 Å². The minimum absolute atomic E-state index is 0.0280. The highest BCUT2D eigenvalue weighted by atomic mass is 19.4. The number of amides is 2. The Morgan fingerprint density at radius 1 is 0.821 bits per heavy atom. The molecule has 2 rings (SSSR count). The molecule has 0 unspecified atom stereocenters. The van der Waals surface area contributed by atoms with E-state index in [0.717, 1.165) is 32.4 Å². The van der Waals surface area contributed by atoms with Crippen LogP contribution in [0, 0.1) is 0 Å². The summed E-state index contributed by atoms with van der Waals surface area (Å²) >= 11 is 0. The van der Waals surface area contributed by atoms with Crippen molar-refractivity contribution in [3.63, 3.8) is 0 Å². The first-order chi connectivity index (χ1) is 13.1. The lowest BCUT2D eigenvalue weighted by molar-refractivity contribution is -0.137. The van der Waals surface area contributed by atoms with Gasteiger partial charge in [0.15, 0.2) is 0 Å². The molecule has 0 aliphatic heterocycles. The van der Waals surface area contributed by atoms with E-state index in [1.807, 2.05) is 0 Å². The Balaban J connectivity index is 2.23. The molecule has 0 aliphatic carbocycles. The first kappa shape index (κ1) is 20.7. The highest BCUT2D eigenvalue weighted by Gasteiger charge is 2.30. The molecular weight excluding hydrogens is 381 g/mol. The molecule has 2 aromatic rings. The third-order valence-corrected chi connectivity index (χ3v) is 3.48. The highest BCUT2D eigenvalue weighted by Crippen LogP contribution is 2.30. The first-order valence-corrected chi connectivity index (χ1v) is 7.71. The van der Waals surface area contributed by atoms with Gasteiger partial charge in [-0.05, 0) is 36.4 Å². The number of urea groups is 1. The zero-order chi connectivity index (χ0) is 20.9. The average Bonchev–Trinajstić information content (AvgIpc) is 2.65. The SMILES string of the molecule is COC(=O)c1cc(NC(=O)Nc2cccc(C(F)(F)F)c2)cc(C(=O)OC)c1. The fraction of sp³-hybridized carbons (Fsp3) is 0.167. The fourth-order valence-corrected chi connectivity index (χ4v) is 2.24. The van der Waals surface area contributed by atoms with E-state index in [1.165, 1.54) is 24.3 Å². The minimum atomic E-state index is -4.56. The summed E-state index contributed by atoms with van der Waals surface area (Å²) in [5.74, 6) is -1.51. The van der Waals surface area contributed by atoms with Crippen molar-refractivity contribution in [2.75, 3.05) is 24.9 Å². The van der Waals surface area contributed by atoms with Crippen LogP contribution in [0.25, 0.3) is 0 Å². The van der Waals surface area contributed by atoms with Crippen LogP contribution in [0.1, 0.15) is 26.3 Å². The topological polar surface area (TPSA) is 93.7 Å². The molecule has 0 saturated heterocycles. The molecule has 148 valence electrons. The number of halogens is 3. The Kier molecular flexibility index (Phi) is 6.24. The van der Waals surface area contributed by atoms with E-state index < -0.39 is 29.7 Å². The maximum Gasteiger partial charge on any atom is 0.416 e. The molecule has 10 heteroatoms. The zero-order valence-electron chi connectivity index (χ0n) is 14.7. The number of hydrogen-bond acceptors (Lipinski definition) is 5. The van der Waals surface area contributed by atoms with E-state index in [9.17, 15) is 27.6 Å². The Hall–Kier alpha value is -3.56. The van der Waals surface area contributed by atoms with Gasteiger partial charge in [-0.2, -0.15) is 13.2 Å². The molecule has 0 heterocycles. The molecular formula is C18H15F3N2O5. The lowest BCUT2D eigenvalue weighted by atomic mass is 10.1. The molecule has 2 N–H and O–H groups in total. The van der Waals surface area contributed by atoms with Gasteiger partial charge in [0, 0.05) is 11.4 Å². The number of carbonyl (C=O) groups excluding carboxylic acids is 3. The molecule has 7 nitrogen and oxygen atoms in total. The molecule has 0 bridgehead atoms. The van der Waals surface area contributed by atoms with Crippen LogP contribution in [0.3, 0.4) is 0 Å². The van der Waals surface area contributed by atoms with Crippen molar-refractivity contribution in [1.29, 1.82) is 0 Å². The van der Waals surface area contributed by atoms with Crippen LogP contribution in [0.5, 0.6) is 0 Å². The number of methoxy groups -OCH3 is 2. The maximum atomic E-state index is 12.7. The largest absolute Gasteiger partial charge is 0.465 e. The van der Waals surface area contributed by atoms with Crippen LogP contribution >= 0.6 is 0 Å². The van der Waals surface area contributed by atoms with Crippen molar-refractivity contribution in [3.8, 4) is 0 Å². The normalized spacial score (nSPS) is 10.8. The molecule has 28 heavy (non-hydrogen) atoms. The number of hydrogen-bond donors (Lipinski definition) is 2. The van der Waals surface area contributed by atoms with Crippen molar-refractivity contribution in [3.05, 3.63) is 59.2 Å². The van der Waals surface area contributed by atoms with Crippen molar-refractivity contribution in [2.24, 2.45) is 0 Å². The van der Waals surface area contributed by atoms with Crippen LogP contribution in [0.2, 0.25) is 0 Å². The van der Waals surface area contributed by atoms with E-state index in [2.05, 4.69) is 20.1 Å². The van der Waals surface area contributed by atoms with Gasteiger partial charge in [0.2, 0.25) is 0 Å². The fourth-order valence-electron chi connectivity index (χ4n) is 2.24. The summed E-state index contributed by atoms with van der Waals surface area (Å²) in [4.78, 5) is 35.6. The Bertz CT molecular complexity index is 878. The van der Waals surface area contributed by atoms with E-state index in [-0.39, 0.29) is 22.5 Å². The van der Waals surface area contributed by atoms with Gasteiger partial charge in [0.25, 0.3) is 0 Å². The lowest BCUT2D eigenvalue weighted by Crippen LogP contribution is -2.20. The Morgan fingerprint density at radius 2 is 1.36 bits per heavy atom. The number of nitrogens with one attached hydrogen (secondary N) is 2. The quantitative estimate of drug-likeness (QED) is 0.764. The predicted molar refractivity (Wildman–Crippen MR) is 93.2 cm³/mol. The van der Waals surface area contributed by atoms with Crippen LogP contribution in [0.4, 0.5) is 29.3 Å². The smallest absolute Gasteiger partial charge is 0.416 e. The molecule has 0 aromatic heterocycles. The number of rotatable bonds is 4. The first-order valence-electron chi connectivity index (χ1n) is 7.71. The number of ether oxygens (including phenoxy) is 2. The number of esters is 2. The molecule has 0 saturated carbocycles. The monoisotopic (exact) mass is 396 g/mol. The number of alkyl halides is 3. The van der Waals surface area contributed by atoms with Crippen molar-refractivity contribution < 1.29 is 37.0 Å². The van der Waals surface area contributed by atoms with Gasteiger partial charge in [-0.3, -0.25) is 0 Å². The van der Waals surface area contributed by atoms with Gasteiger partial charge in [-0.15, -0.1) is 0 Å². The van der Waals surface area contributed by atoms with E-state index in [0.29, 0.717) is 0 Å². The third kappa shape index (κ3) is 5.22. The number of benzene rings is 2. The van der Waals surface area contributed by atoms with Crippen LogP contribution < -0.4 is 10.6 Å². The van der Waals surface area contributed by atoms with Gasteiger partial charge in [-0.1, -0.05) is 6.07 Å². The standard InChI is InChI=1S/C18H15F3N2O5/c1-27-15(24)10-6-11(16(25)28-2)8-14(7-10)23-17(26)22-13-5-3-4-12(9-13)18(19,20)21/h3-9H,1-2H3,(H2,22,23,26). The van der Waals surface area contributed by atoms with Crippen LogP contribution in [-0.2, 0) is 15.7 Å². The average molecular weight is 396 g/mol. The second kappa shape index (κ2) is 8.42. The zero-order valence-corrected chi connectivity index (χ0v) is 14.7. The minimum Gasteiger partial charge on any atom is -0.465 e. The maximum absolute atomic E-state index is 12.7.